The van der Waals surface area contributed by atoms with Crippen LogP contribution in [0.2, 0.25) is 0 Å². The molecule has 1 aliphatic heterocycles. The van der Waals surface area contributed by atoms with Crippen molar-refractivity contribution in [3.8, 4) is 11.5 Å². The zero-order valence-corrected chi connectivity index (χ0v) is 14.6. The second-order valence-corrected chi connectivity index (χ2v) is 6.73. The molecule has 1 aliphatic rings. The number of likely N-dealkylation sites (tertiary alicyclic amines) is 1. The zero-order valence-electron chi connectivity index (χ0n) is 14.6. The van der Waals surface area contributed by atoms with Gasteiger partial charge in [0.05, 0.1) is 18.1 Å². The Morgan fingerprint density at radius 3 is 2.44 bits per heavy atom. The highest BCUT2D eigenvalue weighted by Crippen LogP contribution is 2.34. The van der Waals surface area contributed by atoms with Gasteiger partial charge in [0, 0.05) is 19.2 Å². The molecule has 5 nitrogen and oxygen atoms in total. The molecule has 3 aromatic rings. The molecule has 1 fully saturated rings. The van der Waals surface area contributed by atoms with Crippen molar-refractivity contribution in [1.29, 1.82) is 0 Å². The summed E-state index contributed by atoms with van der Waals surface area (Å²) in [6.07, 6.45) is -3.84. The molecule has 2 aromatic carbocycles. The first kappa shape index (κ1) is 17.8. The molecule has 0 amide bonds. The fourth-order valence-electron chi connectivity index (χ4n) is 3.34. The molecule has 0 bridgehead atoms. The van der Waals surface area contributed by atoms with Gasteiger partial charge >= 0.3 is 6.18 Å². The average molecular weight is 376 g/mol. The number of benzene rings is 2. The molecule has 0 N–H and O–H groups in total. The molecule has 0 radical (unpaired) electrons. The maximum Gasteiger partial charge on any atom is 0.391 e. The first-order chi connectivity index (χ1) is 13.0. The second-order valence-electron chi connectivity index (χ2n) is 6.73. The monoisotopic (exact) mass is 376 g/mol. The van der Waals surface area contributed by atoms with E-state index in [2.05, 4.69) is 10.3 Å². The van der Waals surface area contributed by atoms with E-state index < -0.39 is 12.1 Å². The number of hydrogen-bond donors (Lipinski definition) is 0. The first-order valence-electron chi connectivity index (χ1n) is 8.84. The molecule has 1 saturated heterocycles. The lowest BCUT2D eigenvalue weighted by Crippen LogP contribution is -2.39. The van der Waals surface area contributed by atoms with E-state index in [9.17, 15) is 13.2 Å². The Balaban J connectivity index is 1.43. The highest BCUT2D eigenvalue weighted by Gasteiger charge is 2.41. The molecule has 142 valence electrons. The fourth-order valence-corrected chi connectivity index (χ4v) is 3.34. The van der Waals surface area contributed by atoms with Crippen LogP contribution in [0.15, 0.2) is 48.5 Å². The molecule has 4 rings (SSSR count). The van der Waals surface area contributed by atoms with Gasteiger partial charge in [-0.1, -0.05) is 23.4 Å². The predicted octanol–water partition coefficient (Wildman–Crippen LogP) is 4.46. The van der Waals surface area contributed by atoms with Crippen molar-refractivity contribution >= 4 is 11.0 Å². The van der Waals surface area contributed by atoms with Crippen molar-refractivity contribution in [3.63, 3.8) is 0 Å². The summed E-state index contributed by atoms with van der Waals surface area (Å²) in [7, 11) is 0. The number of rotatable bonds is 4. The van der Waals surface area contributed by atoms with E-state index in [0.717, 1.165) is 11.3 Å². The Morgan fingerprint density at radius 1 is 1.00 bits per heavy atom. The van der Waals surface area contributed by atoms with Crippen molar-refractivity contribution in [2.75, 3.05) is 13.1 Å². The number of alkyl halides is 3. The Morgan fingerprint density at radius 2 is 1.74 bits per heavy atom. The zero-order chi connectivity index (χ0) is 18.9. The van der Waals surface area contributed by atoms with Gasteiger partial charge in [0.15, 0.2) is 0 Å². The van der Waals surface area contributed by atoms with Crippen LogP contribution in [0.25, 0.3) is 11.0 Å². The van der Waals surface area contributed by atoms with Gasteiger partial charge in [-0.05, 0) is 37.1 Å². The number of hydrogen-bond acceptors (Lipinski definition) is 4. The minimum Gasteiger partial charge on any atom is -0.457 e. The lowest BCUT2D eigenvalue weighted by atomic mass is 9.97. The van der Waals surface area contributed by atoms with Crippen LogP contribution in [0.1, 0.15) is 12.8 Å². The van der Waals surface area contributed by atoms with Crippen molar-refractivity contribution in [2.45, 2.75) is 25.7 Å². The third-order valence-electron chi connectivity index (χ3n) is 4.85. The standard InChI is InChI=1S/C19H19F3N4O/c20-19(21,22)14-8-10-25(11-9-14)13-26-18-7-6-16(12-17(18)23-24-26)27-15-4-2-1-3-5-15/h1-7,12,14H,8-11,13H2. The molecule has 2 heterocycles. The predicted molar refractivity (Wildman–Crippen MR) is 94.4 cm³/mol. The first-order valence-corrected chi connectivity index (χ1v) is 8.84. The maximum absolute atomic E-state index is 12.8. The van der Waals surface area contributed by atoms with E-state index in [-0.39, 0.29) is 12.8 Å². The van der Waals surface area contributed by atoms with Crippen molar-refractivity contribution in [3.05, 3.63) is 48.5 Å². The summed E-state index contributed by atoms with van der Waals surface area (Å²) in [6, 6.07) is 15.0. The van der Waals surface area contributed by atoms with Crippen LogP contribution in [0.4, 0.5) is 13.2 Å². The van der Waals surface area contributed by atoms with Gasteiger partial charge in [-0.2, -0.15) is 13.2 Å². The molecular weight excluding hydrogens is 357 g/mol. The lowest BCUT2D eigenvalue weighted by Gasteiger charge is -2.32. The van der Waals surface area contributed by atoms with E-state index in [1.54, 1.807) is 4.68 Å². The second kappa shape index (κ2) is 7.19. The summed E-state index contributed by atoms with van der Waals surface area (Å²) >= 11 is 0. The van der Waals surface area contributed by atoms with Crippen LogP contribution in [0, 0.1) is 5.92 Å². The molecular formula is C19H19F3N4O. The van der Waals surface area contributed by atoms with E-state index in [1.165, 1.54) is 0 Å². The summed E-state index contributed by atoms with van der Waals surface area (Å²) in [6.45, 7) is 1.24. The molecule has 1 aromatic heterocycles. The summed E-state index contributed by atoms with van der Waals surface area (Å²) in [4.78, 5) is 1.98. The molecule has 0 saturated carbocycles. The number of piperidine rings is 1. The Kier molecular flexibility index (Phi) is 4.73. The van der Waals surface area contributed by atoms with Gasteiger partial charge in [-0.3, -0.25) is 4.90 Å². The quantitative estimate of drug-likeness (QED) is 0.675. The van der Waals surface area contributed by atoms with E-state index >= 15 is 0 Å². The topological polar surface area (TPSA) is 43.2 Å². The van der Waals surface area contributed by atoms with Gasteiger partial charge in [0.25, 0.3) is 0 Å². The summed E-state index contributed by atoms with van der Waals surface area (Å²) < 4.78 is 45.9. The van der Waals surface area contributed by atoms with Crippen LogP contribution in [-0.4, -0.2) is 39.2 Å². The van der Waals surface area contributed by atoms with Crippen LogP contribution in [-0.2, 0) is 6.67 Å². The van der Waals surface area contributed by atoms with E-state index in [4.69, 9.17) is 4.74 Å². The normalized spacial score (nSPS) is 16.7. The number of ether oxygens (including phenoxy) is 1. The molecule has 0 aliphatic carbocycles. The van der Waals surface area contributed by atoms with Gasteiger partial charge < -0.3 is 4.74 Å². The SMILES string of the molecule is FC(F)(F)C1CCN(Cn2nnc3cc(Oc4ccccc4)ccc32)CC1. The van der Waals surface area contributed by atoms with Crippen LogP contribution < -0.4 is 4.74 Å². The molecule has 0 unspecified atom stereocenters. The summed E-state index contributed by atoms with van der Waals surface area (Å²) in [5.41, 5.74) is 1.52. The number of halogens is 3. The minimum atomic E-state index is -4.10. The molecule has 0 atom stereocenters. The Labute approximate surface area is 154 Å². The Hall–Kier alpha value is -2.61. The van der Waals surface area contributed by atoms with Crippen LogP contribution in [0.3, 0.4) is 0 Å². The minimum absolute atomic E-state index is 0.130. The van der Waals surface area contributed by atoms with Crippen molar-refractivity contribution < 1.29 is 17.9 Å². The van der Waals surface area contributed by atoms with Crippen molar-refractivity contribution in [1.82, 2.24) is 19.9 Å². The van der Waals surface area contributed by atoms with Gasteiger partial charge in [0.2, 0.25) is 0 Å². The van der Waals surface area contributed by atoms with E-state index in [0.29, 0.717) is 31.0 Å². The van der Waals surface area contributed by atoms with E-state index in [1.807, 2.05) is 53.4 Å². The highest BCUT2D eigenvalue weighted by molar-refractivity contribution is 5.76. The maximum atomic E-state index is 12.8. The van der Waals surface area contributed by atoms with Gasteiger partial charge in [-0.15, -0.1) is 5.10 Å². The summed E-state index contributed by atoms with van der Waals surface area (Å²) in [5.74, 6) is 0.197. The average Bonchev–Trinajstić information content (AvgIpc) is 3.04. The lowest BCUT2D eigenvalue weighted by molar-refractivity contribution is -0.185. The smallest absolute Gasteiger partial charge is 0.391 e. The largest absolute Gasteiger partial charge is 0.457 e. The van der Waals surface area contributed by atoms with Gasteiger partial charge in [-0.25, -0.2) is 4.68 Å². The third-order valence-corrected chi connectivity index (χ3v) is 4.85. The third kappa shape index (κ3) is 4.05. The van der Waals surface area contributed by atoms with Crippen LogP contribution >= 0.6 is 0 Å². The highest BCUT2D eigenvalue weighted by atomic mass is 19.4. The summed E-state index contributed by atoms with van der Waals surface area (Å²) in [5, 5.41) is 8.32. The Bertz CT molecular complexity index is 902. The number of fused-ring (bicyclic) bond motifs is 1. The number of aromatic nitrogens is 3. The van der Waals surface area contributed by atoms with Gasteiger partial charge in [0.1, 0.15) is 17.0 Å². The fraction of sp³-hybridized carbons (Fsp3) is 0.368. The number of para-hydroxylation sites is 1. The van der Waals surface area contributed by atoms with Crippen LogP contribution in [0.5, 0.6) is 11.5 Å². The molecule has 0 spiro atoms. The van der Waals surface area contributed by atoms with Crippen molar-refractivity contribution in [2.24, 2.45) is 5.92 Å². The molecule has 27 heavy (non-hydrogen) atoms. The number of nitrogens with zero attached hydrogens (tertiary/aromatic N) is 4. The molecule has 8 heteroatoms.